The molecule has 0 unspecified atom stereocenters. The van der Waals surface area contributed by atoms with Crippen LogP contribution < -0.4 is 10.0 Å². The lowest BCUT2D eigenvalue weighted by atomic mass is 10.1. The van der Waals surface area contributed by atoms with Crippen molar-refractivity contribution in [3.05, 3.63) is 90.1 Å². The molecule has 3 aromatic carbocycles. The van der Waals surface area contributed by atoms with Gasteiger partial charge in [-0.25, -0.2) is 13.2 Å². The van der Waals surface area contributed by atoms with Crippen LogP contribution in [0.15, 0.2) is 83.9 Å². The Morgan fingerprint density at radius 3 is 2.47 bits per heavy atom. The highest BCUT2D eigenvalue weighted by Crippen LogP contribution is 2.22. The van der Waals surface area contributed by atoms with Crippen molar-refractivity contribution in [1.82, 2.24) is 4.98 Å². The average Bonchev–Trinajstić information content (AvgIpc) is 3.26. The summed E-state index contributed by atoms with van der Waals surface area (Å²) in [6, 6.07) is 19.0. The summed E-state index contributed by atoms with van der Waals surface area (Å²) in [5.41, 5.74) is 2.01. The van der Waals surface area contributed by atoms with E-state index in [1.54, 1.807) is 42.6 Å². The maximum absolute atomic E-state index is 12.9. The second-order valence-electron chi connectivity index (χ2n) is 6.94. The van der Waals surface area contributed by atoms with E-state index in [1.807, 2.05) is 6.07 Å². The summed E-state index contributed by atoms with van der Waals surface area (Å²) in [6.07, 6.45) is 1.77. The highest BCUT2D eigenvalue weighted by molar-refractivity contribution is 7.92. The van der Waals surface area contributed by atoms with Crippen LogP contribution in [-0.2, 0) is 14.8 Å². The van der Waals surface area contributed by atoms with Gasteiger partial charge in [-0.05, 0) is 60.0 Å². The lowest BCUT2D eigenvalue weighted by Crippen LogP contribution is -2.16. The predicted octanol–water partition coefficient (Wildman–Crippen LogP) is 4.01. The fourth-order valence-electron chi connectivity index (χ4n) is 3.17. The van der Waals surface area contributed by atoms with Crippen molar-refractivity contribution in [1.29, 1.82) is 0 Å². The van der Waals surface area contributed by atoms with Crippen LogP contribution in [-0.4, -0.2) is 32.4 Å². The highest BCUT2D eigenvalue weighted by atomic mass is 32.2. The van der Waals surface area contributed by atoms with Crippen molar-refractivity contribution in [2.75, 3.05) is 17.1 Å². The van der Waals surface area contributed by atoms with Crippen molar-refractivity contribution in [2.45, 2.75) is 4.90 Å². The second kappa shape index (κ2) is 8.56. The van der Waals surface area contributed by atoms with Gasteiger partial charge < -0.3 is 15.0 Å². The Bertz CT molecular complexity index is 1430. The third-order valence-electron chi connectivity index (χ3n) is 4.76. The van der Waals surface area contributed by atoms with Gasteiger partial charge in [-0.1, -0.05) is 18.2 Å². The van der Waals surface area contributed by atoms with Gasteiger partial charge in [0.15, 0.2) is 0 Å². The Morgan fingerprint density at radius 1 is 0.875 bits per heavy atom. The van der Waals surface area contributed by atoms with Gasteiger partial charge in [0.1, 0.15) is 0 Å². The number of esters is 1. The zero-order valence-corrected chi connectivity index (χ0v) is 17.8. The first kappa shape index (κ1) is 21.1. The third kappa shape index (κ3) is 4.47. The summed E-state index contributed by atoms with van der Waals surface area (Å²) in [5, 5.41) is 3.62. The first-order chi connectivity index (χ1) is 15.4. The maximum Gasteiger partial charge on any atom is 0.337 e. The number of ether oxygens (including phenoxy) is 1. The average molecular weight is 449 g/mol. The number of sulfonamides is 1. The number of nitrogens with one attached hydrogen (secondary N) is 3. The van der Waals surface area contributed by atoms with E-state index in [0.717, 1.165) is 10.9 Å². The number of amides is 1. The first-order valence-electron chi connectivity index (χ1n) is 9.55. The molecule has 0 aliphatic carbocycles. The van der Waals surface area contributed by atoms with Gasteiger partial charge in [0.05, 0.1) is 23.3 Å². The Kier molecular flexibility index (Phi) is 5.65. The van der Waals surface area contributed by atoms with Crippen molar-refractivity contribution in [3.63, 3.8) is 0 Å². The number of rotatable bonds is 6. The Labute approximate surface area is 184 Å². The number of fused-ring (bicyclic) bond motifs is 1. The van der Waals surface area contributed by atoms with Crippen molar-refractivity contribution in [2.24, 2.45) is 0 Å². The number of anilines is 2. The zero-order chi connectivity index (χ0) is 22.7. The maximum atomic E-state index is 12.9. The van der Waals surface area contributed by atoms with Crippen LogP contribution in [0.4, 0.5) is 11.4 Å². The monoisotopic (exact) mass is 449 g/mol. The van der Waals surface area contributed by atoms with E-state index >= 15 is 0 Å². The Hall–Kier alpha value is -4.11. The molecular weight excluding hydrogens is 430 g/mol. The molecule has 0 aliphatic rings. The van der Waals surface area contributed by atoms with Crippen molar-refractivity contribution < 1.29 is 22.7 Å². The van der Waals surface area contributed by atoms with Crippen LogP contribution in [0.1, 0.15) is 20.7 Å². The van der Waals surface area contributed by atoms with E-state index in [9.17, 15) is 18.0 Å². The highest BCUT2D eigenvalue weighted by Gasteiger charge is 2.17. The molecule has 1 aromatic heterocycles. The zero-order valence-electron chi connectivity index (χ0n) is 17.0. The van der Waals surface area contributed by atoms with Crippen molar-refractivity contribution >= 4 is 44.2 Å². The molecule has 0 atom stereocenters. The lowest BCUT2D eigenvalue weighted by Gasteiger charge is -2.10. The van der Waals surface area contributed by atoms with E-state index in [2.05, 4.69) is 19.8 Å². The SMILES string of the molecule is COC(=O)c1cccc(NC(=O)c2cccc(S(=O)(=O)Nc3ccc4cc[nH]c4c3)c2)c1. The normalized spacial score (nSPS) is 11.2. The molecule has 0 fully saturated rings. The smallest absolute Gasteiger partial charge is 0.337 e. The number of aromatic nitrogens is 1. The standard InChI is InChI=1S/C23H19N3O5S/c1-31-23(28)17-5-2-6-18(12-17)25-22(27)16-4-3-7-20(13-16)32(29,30)26-19-9-8-15-10-11-24-21(15)14-19/h2-14,24,26H,1H3,(H,25,27). The number of benzene rings is 3. The van der Waals surface area contributed by atoms with E-state index in [4.69, 9.17) is 0 Å². The molecule has 1 amide bonds. The predicted molar refractivity (Wildman–Crippen MR) is 121 cm³/mol. The molecule has 8 nitrogen and oxygen atoms in total. The number of aromatic amines is 1. The van der Waals surface area contributed by atoms with Crippen LogP contribution >= 0.6 is 0 Å². The van der Waals surface area contributed by atoms with Gasteiger partial charge in [0, 0.05) is 23.0 Å². The molecule has 3 N–H and O–H groups in total. The van der Waals surface area contributed by atoms with Crippen LogP contribution in [0.25, 0.3) is 10.9 Å². The summed E-state index contributed by atoms with van der Waals surface area (Å²) in [5.74, 6) is -1.05. The van der Waals surface area contributed by atoms with Gasteiger partial charge >= 0.3 is 5.97 Å². The molecule has 0 aliphatic heterocycles. The van der Waals surface area contributed by atoms with E-state index in [0.29, 0.717) is 11.4 Å². The van der Waals surface area contributed by atoms with Gasteiger partial charge in [-0.2, -0.15) is 0 Å². The van der Waals surface area contributed by atoms with Crippen LogP contribution in [0, 0.1) is 0 Å². The Morgan fingerprint density at radius 2 is 1.66 bits per heavy atom. The molecule has 162 valence electrons. The summed E-state index contributed by atoms with van der Waals surface area (Å²) < 4.78 is 32.9. The fraction of sp³-hybridized carbons (Fsp3) is 0.0435. The fourth-order valence-corrected chi connectivity index (χ4v) is 4.27. The minimum absolute atomic E-state index is 0.0555. The third-order valence-corrected chi connectivity index (χ3v) is 6.13. The summed E-state index contributed by atoms with van der Waals surface area (Å²) in [6.45, 7) is 0. The molecule has 4 aromatic rings. The minimum atomic E-state index is -3.92. The van der Waals surface area contributed by atoms with Gasteiger partial charge in [0.25, 0.3) is 15.9 Å². The molecule has 0 radical (unpaired) electrons. The molecule has 1 heterocycles. The van der Waals surface area contributed by atoms with Gasteiger partial charge in [-0.15, -0.1) is 0 Å². The van der Waals surface area contributed by atoms with E-state index in [1.165, 1.54) is 37.4 Å². The topological polar surface area (TPSA) is 117 Å². The van der Waals surface area contributed by atoms with Crippen LogP contribution in [0.2, 0.25) is 0 Å². The molecule has 0 saturated carbocycles. The summed E-state index contributed by atoms with van der Waals surface area (Å²) in [7, 11) is -2.65. The van der Waals surface area contributed by atoms with E-state index < -0.39 is 21.9 Å². The molecule has 0 saturated heterocycles. The van der Waals surface area contributed by atoms with Gasteiger partial charge in [-0.3, -0.25) is 9.52 Å². The van der Waals surface area contributed by atoms with E-state index in [-0.39, 0.29) is 16.0 Å². The molecule has 0 bridgehead atoms. The number of carbonyl (C=O) groups excluding carboxylic acids is 2. The summed E-state index contributed by atoms with van der Waals surface area (Å²) in [4.78, 5) is 27.3. The Balaban J connectivity index is 1.54. The molecule has 0 spiro atoms. The number of hydrogen-bond donors (Lipinski definition) is 3. The first-order valence-corrected chi connectivity index (χ1v) is 11.0. The molecule has 32 heavy (non-hydrogen) atoms. The summed E-state index contributed by atoms with van der Waals surface area (Å²) >= 11 is 0. The minimum Gasteiger partial charge on any atom is -0.465 e. The van der Waals surface area contributed by atoms with Crippen LogP contribution in [0.5, 0.6) is 0 Å². The molecule has 4 rings (SSSR count). The number of hydrogen-bond acceptors (Lipinski definition) is 5. The molecular formula is C23H19N3O5S. The number of methoxy groups -OCH3 is 1. The largest absolute Gasteiger partial charge is 0.465 e. The van der Waals surface area contributed by atoms with Crippen LogP contribution in [0.3, 0.4) is 0 Å². The quantitative estimate of drug-likeness (QED) is 0.385. The van der Waals surface area contributed by atoms with Crippen molar-refractivity contribution in [3.8, 4) is 0 Å². The lowest BCUT2D eigenvalue weighted by molar-refractivity contribution is 0.0600. The van der Waals surface area contributed by atoms with Gasteiger partial charge in [0.2, 0.25) is 0 Å². The number of H-pyrrole nitrogens is 1. The second-order valence-corrected chi connectivity index (χ2v) is 8.62. The molecule has 9 heteroatoms. The number of carbonyl (C=O) groups is 2.